The van der Waals surface area contributed by atoms with Crippen molar-refractivity contribution in [3.63, 3.8) is 0 Å². The second kappa shape index (κ2) is 6.47. The van der Waals surface area contributed by atoms with Crippen LogP contribution in [-0.2, 0) is 0 Å². The number of aromatic nitrogens is 2. The highest BCUT2D eigenvalue weighted by Gasteiger charge is 2.28. The number of para-hydroxylation sites is 2. The van der Waals surface area contributed by atoms with E-state index < -0.39 is 5.60 Å². The van der Waals surface area contributed by atoms with Crippen molar-refractivity contribution in [1.29, 1.82) is 0 Å². The number of H-pyrrole nitrogens is 1. The molecule has 6 heteroatoms. The standard InChI is InChI=1S/C17H26N4O2/c1-17(23,11-18-2)12-20-9-7-13(8-10-20)21-15-6-4-3-5-14(15)19-16(21)22/h3-6,13,18,23H,7-12H2,1-2H3,(H,19,22). The summed E-state index contributed by atoms with van der Waals surface area (Å²) in [6.07, 6.45) is 1.86. The molecule has 0 radical (unpaired) electrons. The molecule has 23 heavy (non-hydrogen) atoms. The van der Waals surface area contributed by atoms with E-state index in [0.717, 1.165) is 37.0 Å². The number of aromatic amines is 1. The van der Waals surface area contributed by atoms with Crippen LogP contribution in [0.5, 0.6) is 0 Å². The molecule has 0 amide bonds. The Morgan fingerprint density at radius 3 is 2.74 bits per heavy atom. The predicted molar refractivity (Wildman–Crippen MR) is 91.8 cm³/mol. The van der Waals surface area contributed by atoms with E-state index in [1.165, 1.54) is 0 Å². The van der Waals surface area contributed by atoms with Gasteiger partial charge in [0.1, 0.15) is 0 Å². The normalized spacial score (nSPS) is 20.0. The molecule has 3 N–H and O–H groups in total. The van der Waals surface area contributed by atoms with Crippen molar-refractivity contribution >= 4 is 11.0 Å². The average molecular weight is 318 g/mol. The van der Waals surface area contributed by atoms with Gasteiger partial charge in [-0.25, -0.2) is 4.79 Å². The van der Waals surface area contributed by atoms with Gasteiger partial charge in [-0.15, -0.1) is 0 Å². The molecule has 1 atom stereocenters. The number of rotatable bonds is 5. The lowest BCUT2D eigenvalue weighted by atomic mass is 10.0. The number of likely N-dealkylation sites (tertiary alicyclic amines) is 1. The molecule has 0 saturated carbocycles. The quantitative estimate of drug-likeness (QED) is 0.767. The second-order valence-electron chi connectivity index (χ2n) is 6.85. The van der Waals surface area contributed by atoms with Crippen molar-refractivity contribution < 1.29 is 5.11 Å². The van der Waals surface area contributed by atoms with E-state index in [4.69, 9.17) is 0 Å². The first-order chi connectivity index (χ1) is 11.0. The Kier molecular flexibility index (Phi) is 4.57. The first-order valence-corrected chi connectivity index (χ1v) is 8.29. The number of piperidine rings is 1. The molecular formula is C17H26N4O2. The highest BCUT2D eigenvalue weighted by Crippen LogP contribution is 2.25. The topological polar surface area (TPSA) is 73.3 Å². The zero-order chi connectivity index (χ0) is 16.4. The van der Waals surface area contributed by atoms with Crippen molar-refractivity contribution in [3.8, 4) is 0 Å². The van der Waals surface area contributed by atoms with Gasteiger partial charge in [0.25, 0.3) is 0 Å². The Bertz CT molecular complexity index is 711. The molecule has 1 aromatic carbocycles. The van der Waals surface area contributed by atoms with Crippen molar-refractivity contribution in [1.82, 2.24) is 19.8 Å². The fourth-order valence-electron chi connectivity index (χ4n) is 3.69. The number of likely N-dealkylation sites (N-methyl/N-ethyl adjacent to an activating group) is 1. The van der Waals surface area contributed by atoms with Gasteiger partial charge in [-0.1, -0.05) is 12.1 Å². The summed E-state index contributed by atoms with van der Waals surface area (Å²) in [4.78, 5) is 17.5. The third kappa shape index (κ3) is 3.49. The summed E-state index contributed by atoms with van der Waals surface area (Å²) in [5.74, 6) is 0. The van der Waals surface area contributed by atoms with Gasteiger partial charge in [0.05, 0.1) is 16.6 Å². The molecule has 2 aromatic rings. The van der Waals surface area contributed by atoms with E-state index in [9.17, 15) is 9.90 Å². The largest absolute Gasteiger partial charge is 0.388 e. The Labute approximate surface area is 136 Å². The van der Waals surface area contributed by atoms with Gasteiger partial charge in [0, 0.05) is 32.2 Å². The first kappa shape index (κ1) is 16.2. The van der Waals surface area contributed by atoms with Gasteiger partial charge in [0.15, 0.2) is 0 Å². The molecule has 1 aromatic heterocycles. The summed E-state index contributed by atoms with van der Waals surface area (Å²) in [6.45, 7) is 4.89. The fourth-order valence-corrected chi connectivity index (χ4v) is 3.69. The van der Waals surface area contributed by atoms with Gasteiger partial charge in [0.2, 0.25) is 0 Å². The number of imidazole rings is 1. The maximum absolute atomic E-state index is 12.3. The number of benzene rings is 1. The van der Waals surface area contributed by atoms with Crippen LogP contribution in [0.1, 0.15) is 25.8 Å². The maximum Gasteiger partial charge on any atom is 0.326 e. The van der Waals surface area contributed by atoms with Crippen LogP contribution < -0.4 is 11.0 Å². The summed E-state index contributed by atoms with van der Waals surface area (Å²) in [6, 6.07) is 8.07. The van der Waals surface area contributed by atoms with E-state index >= 15 is 0 Å². The molecule has 3 rings (SSSR count). The van der Waals surface area contributed by atoms with E-state index in [0.29, 0.717) is 13.1 Å². The molecule has 0 spiro atoms. The molecule has 0 bridgehead atoms. The summed E-state index contributed by atoms with van der Waals surface area (Å²) in [5.41, 5.74) is 1.14. The third-order valence-corrected chi connectivity index (χ3v) is 4.67. The van der Waals surface area contributed by atoms with Crippen molar-refractivity contribution in [2.75, 3.05) is 33.2 Å². The predicted octanol–water partition coefficient (Wildman–Crippen LogP) is 0.937. The Morgan fingerprint density at radius 2 is 2.04 bits per heavy atom. The minimum atomic E-state index is -0.723. The molecule has 1 aliphatic heterocycles. The highest BCUT2D eigenvalue weighted by molar-refractivity contribution is 5.75. The number of β-amino-alcohol motifs (C(OH)–C–C–N with tert-alkyl or cyclic N) is 1. The monoisotopic (exact) mass is 318 g/mol. The number of hydrogen-bond donors (Lipinski definition) is 3. The molecule has 1 aliphatic rings. The number of fused-ring (bicyclic) bond motifs is 1. The first-order valence-electron chi connectivity index (χ1n) is 8.29. The Hall–Kier alpha value is -1.63. The van der Waals surface area contributed by atoms with Crippen LogP contribution in [0.15, 0.2) is 29.1 Å². The molecule has 2 heterocycles. The molecule has 126 valence electrons. The minimum absolute atomic E-state index is 0.0215. The molecule has 0 aliphatic carbocycles. The fraction of sp³-hybridized carbons (Fsp3) is 0.588. The lowest BCUT2D eigenvalue weighted by molar-refractivity contribution is 0.0121. The van der Waals surface area contributed by atoms with Gasteiger partial charge in [-0.05, 0) is 38.9 Å². The smallest absolute Gasteiger partial charge is 0.326 e. The van der Waals surface area contributed by atoms with Gasteiger partial charge >= 0.3 is 5.69 Å². The van der Waals surface area contributed by atoms with E-state index in [1.54, 1.807) is 0 Å². The van der Waals surface area contributed by atoms with Crippen LogP contribution in [0, 0.1) is 0 Å². The van der Waals surface area contributed by atoms with Crippen LogP contribution in [0.4, 0.5) is 0 Å². The molecule has 1 saturated heterocycles. The SMILES string of the molecule is CNCC(C)(O)CN1CCC(n2c(=O)[nH]c3ccccc32)CC1. The number of hydrogen-bond acceptors (Lipinski definition) is 4. The van der Waals surface area contributed by atoms with Crippen molar-refractivity contribution in [2.24, 2.45) is 0 Å². The van der Waals surface area contributed by atoms with Crippen LogP contribution in [0.25, 0.3) is 11.0 Å². The molecule has 1 fully saturated rings. The van der Waals surface area contributed by atoms with E-state index in [2.05, 4.69) is 15.2 Å². The number of nitrogens with one attached hydrogen (secondary N) is 2. The van der Waals surface area contributed by atoms with Crippen LogP contribution >= 0.6 is 0 Å². The van der Waals surface area contributed by atoms with E-state index in [1.807, 2.05) is 42.8 Å². The van der Waals surface area contributed by atoms with Crippen LogP contribution in [-0.4, -0.2) is 58.4 Å². The minimum Gasteiger partial charge on any atom is -0.388 e. The van der Waals surface area contributed by atoms with Crippen molar-refractivity contribution in [3.05, 3.63) is 34.7 Å². The summed E-state index contributed by atoms with van der Waals surface area (Å²) >= 11 is 0. The van der Waals surface area contributed by atoms with Gasteiger partial charge in [-0.3, -0.25) is 4.57 Å². The second-order valence-corrected chi connectivity index (χ2v) is 6.85. The number of aliphatic hydroxyl groups is 1. The summed E-state index contributed by atoms with van der Waals surface area (Å²) in [7, 11) is 1.85. The number of nitrogens with zero attached hydrogens (tertiary/aromatic N) is 2. The average Bonchev–Trinajstić information content (AvgIpc) is 2.83. The van der Waals surface area contributed by atoms with E-state index in [-0.39, 0.29) is 11.7 Å². The Morgan fingerprint density at radius 1 is 1.35 bits per heavy atom. The lowest BCUT2D eigenvalue weighted by Gasteiger charge is -2.36. The zero-order valence-corrected chi connectivity index (χ0v) is 13.9. The lowest BCUT2D eigenvalue weighted by Crippen LogP contribution is -2.49. The molecule has 6 nitrogen and oxygen atoms in total. The molecule has 1 unspecified atom stereocenters. The zero-order valence-electron chi connectivity index (χ0n) is 13.9. The summed E-state index contributed by atoms with van der Waals surface area (Å²) in [5, 5.41) is 13.4. The highest BCUT2D eigenvalue weighted by atomic mass is 16.3. The summed E-state index contributed by atoms with van der Waals surface area (Å²) < 4.78 is 1.90. The third-order valence-electron chi connectivity index (χ3n) is 4.67. The Balaban J connectivity index is 1.69. The maximum atomic E-state index is 12.3. The van der Waals surface area contributed by atoms with Gasteiger partial charge < -0.3 is 20.3 Å². The van der Waals surface area contributed by atoms with Crippen LogP contribution in [0.2, 0.25) is 0 Å². The molecular weight excluding hydrogens is 292 g/mol. The van der Waals surface area contributed by atoms with Gasteiger partial charge in [-0.2, -0.15) is 0 Å². The van der Waals surface area contributed by atoms with Crippen LogP contribution in [0.3, 0.4) is 0 Å². The van der Waals surface area contributed by atoms with Crippen molar-refractivity contribution in [2.45, 2.75) is 31.4 Å².